The third-order valence-corrected chi connectivity index (χ3v) is 3.58. The summed E-state index contributed by atoms with van der Waals surface area (Å²) in [7, 11) is 2.03. The van der Waals surface area contributed by atoms with Crippen molar-refractivity contribution in [2.24, 2.45) is 11.1 Å². The summed E-state index contributed by atoms with van der Waals surface area (Å²) in [5.74, 6) is 0. The molecule has 0 aliphatic rings. The Morgan fingerprint density at radius 2 is 1.83 bits per heavy atom. The fraction of sp³-hybridized carbons (Fsp3) is 0.625. The second-order valence-corrected chi connectivity index (χ2v) is 5.91. The lowest BCUT2D eigenvalue weighted by Gasteiger charge is -2.28. The van der Waals surface area contributed by atoms with Gasteiger partial charge >= 0.3 is 0 Å². The van der Waals surface area contributed by atoms with E-state index in [4.69, 9.17) is 5.73 Å². The average Bonchev–Trinajstić information content (AvgIpc) is 2.37. The molecule has 1 rings (SSSR count). The summed E-state index contributed by atoms with van der Waals surface area (Å²) in [6, 6.07) is 9.38. The van der Waals surface area contributed by atoms with Crippen LogP contribution in [0.15, 0.2) is 24.3 Å². The van der Waals surface area contributed by atoms with Crippen molar-refractivity contribution in [1.82, 2.24) is 5.32 Å². The molecule has 102 valence electrons. The fourth-order valence-corrected chi connectivity index (χ4v) is 2.23. The lowest BCUT2D eigenvalue weighted by Crippen LogP contribution is -2.30. The molecule has 0 saturated carbocycles. The van der Waals surface area contributed by atoms with E-state index < -0.39 is 0 Å². The van der Waals surface area contributed by atoms with Crippen LogP contribution >= 0.6 is 0 Å². The molecule has 0 fully saturated rings. The lowest BCUT2D eigenvalue weighted by molar-refractivity contribution is 0.299. The van der Waals surface area contributed by atoms with E-state index in [1.54, 1.807) is 0 Å². The summed E-state index contributed by atoms with van der Waals surface area (Å²) < 4.78 is 0. The molecule has 0 spiro atoms. The molecule has 3 N–H and O–H groups in total. The first kappa shape index (κ1) is 15.2. The Hall–Kier alpha value is -0.860. The van der Waals surface area contributed by atoms with Crippen LogP contribution in [0.4, 0.5) is 0 Å². The SMILES string of the molecule is CCCc1ccc(C(CC(C)(C)CN)NC)cc1. The van der Waals surface area contributed by atoms with Crippen LogP contribution in [0.2, 0.25) is 0 Å². The third-order valence-electron chi connectivity index (χ3n) is 3.58. The van der Waals surface area contributed by atoms with Crippen LogP contribution in [0.25, 0.3) is 0 Å². The van der Waals surface area contributed by atoms with Crippen LogP contribution in [-0.4, -0.2) is 13.6 Å². The van der Waals surface area contributed by atoms with E-state index in [1.807, 2.05) is 7.05 Å². The molecule has 18 heavy (non-hydrogen) atoms. The highest BCUT2D eigenvalue weighted by atomic mass is 14.9. The van der Waals surface area contributed by atoms with Gasteiger partial charge in [-0.05, 0) is 43.0 Å². The summed E-state index contributed by atoms with van der Waals surface area (Å²) in [5.41, 5.74) is 8.78. The maximum Gasteiger partial charge on any atom is 0.0323 e. The van der Waals surface area contributed by atoms with Crippen molar-refractivity contribution < 1.29 is 0 Å². The highest BCUT2D eigenvalue weighted by molar-refractivity contribution is 5.25. The molecule has 1 unspecified atom stereocenters. The minimum atomic E-state index is 0.176. The highest BCUT2D eigenvalue weighted by Crippen LogP contribution is 2.29. The van der Waals surface area contributed by atoms with Gasteiger partial charge in [0.05, 0.1) is 0 Å². The molecule has 0 bridgehead atoms. The maximum atomic E-state index is 5.82. The summed E-state index contributed by atoms with van der Waals surface area (Å²) in [6.07, 6.45) is 3.43. The first-order valence-corrected chi connectivity index (χ1v) is 6.98. The predicted octanol–water partition coefficient (Wildman–Crippen LogP) is 3.27. The number of hydrogen-bond acceptors (Lipinski definition) is 2. The topological polar surface area (TPSA) is 38.0 Å². The standard InChI is InChI=1S/C16H28N2/c1-5-6-13-7-9-14(10-8-13)15(18-4)11-16(2,3)12-17/h7-10,15,18H,5-6,11-12,17H2,1-4H3. The molecule has 1 atom stereocenters. The zero-order valence-corrected chi connectivity index (χ0v) is 12.3. The van der Waals surface area contributed by atoms with E-state index in [1.165, 1.54) is 24.0 Å². The van der Waals surface area contributed by atoms with Crippen molar-refractivity contribution in [2.75, 3.05) is 13.6 Å². The molecular formula is C16H28N2. The number of aryl methyl sites for hydroxylation is 1. The Morgan fingerprint density at radius 3 is 2.28 bits per heavy atom. The van der Waals surface area contributed by atoms with Crippen molar-refractivity contribution in [3.63, 3.8) is 0 Å². The van der Waals surface area contributed by atoms with Gasteiger partial charge in [0.25, 0.3) is 0 Å². The van der Waals surface area contributed by atoms with Crippen LogP contribution in [0.3, 0.4) is 0 Å². The van der Waals surface area contributed by atoms with Crippen molar-refractivity contribution in [3.8, 4) is 0 Å². The molecule has 0 amide bonds. The highest BCUT2D eigenvalue weighted by Gasteiger charge is 2.21. The molecule has 1 aromatic rings. The van der Waals surface area contributed by atoms with Crippen molar-refractivity contribution >= 4 is 0 Å². The van der Waals surface area contributed by atoms with Crippen molar-refractivity contribution in [3.05, 3.63) is 35.4 Å². The van der Waals surface area contributed by atoms with Crippen LogP contribution in [0.5, 0.6) is 0 Å². The average molecular weight is 248 g/mol. The van der Waals surface area contributed by atoms with Crippen LogP contribution in [-0.2, 0) is 6.42 Å². The number of hydrogen-bond donors (Lipinski definition) is 2. The van der Waals surface area contributed by atoms with E-state index >= 15 is 0 Å². The van der Waals surface area contributed by atoms with E-state index in [2.05, 4.69) is 50.4 Å². The van der Waals surface area contributed by atoms with E-state index in [0.29, 0.717) is 6.04 Å². The second kappa shape index (κ2) is 6.91. The maximum absolute atomic E-state index is 5.82. The van der Waals surface area contributed by atoms with Gasteiger partial charge in [-0.3, -0.25) is 0 Å². The smallest absolute Gasteiger partial charge is 0.0323 e. The summed E-state index contributed by atoms with van der Waals surface area (Å²) in [4.78, 5) is 0. The van der Waals surface area contributed by atoms with Gasteiger partial charge in [0.1, 0.15) is 0 Å². The molecule has 1 aromatic carbocycles. The molecule has 0 radical (unpaired) electrons. The van der Waals surface area contributed by atoms with Gasteiger partial charge in [-0.25, -0.2) is 0 Å². The van der Waals surface area contributed by atoms with Gasteiger partial charge in [-0.2, -0.15) is 0 Å². The number of rotatable bonds is 7. The van der Waals surface area contributed by atoms with Gasteiger partial charge in [0.15, 0.2) is 0 Å². The summed E-state index contributed by atoms with van der Waals surface area (Å²) >= 11 is 0. The Morgan fingerprint density at radius 1 is 1.22 bits per heavy atom. The molecular weight excluding hydrogens is 220 g/mol. The normalized spacial score (nSPS) is 13.6. The Bertz CT molecular complexity index is 341. The number of nitrogens with two attached hydrogens (primary N) is 1. The zero-order chi connectivity index (χ0) is 13.6. The predicted molar refractivity (Wildman–Crippen MR) is 79.7 cm³/mol. The molecule has 0 aliphatic carbocycles. The minimum absolute atomic E-state index is 0.176. The second-order valence-electron chi connectivity index (χ2n) is 5.91. The largest absolute Gasteiger partial charge is 0.330 e. The molecule has 0 aliphatic heterocycles. The van der Waals surface area contributed by atoms with E-state index in [0.717, 1.165) is 13.0 Å². The Balaban J connectivity index is 2.76. The first-order chi connectivity index (χ1) is 8.52. The quantitative estimate of drug-likeness (QED) is 0.777. The summed E-state index contributed by atoms with van der Waals surface area (Å²) in [5, 5.41) is 3.40. The zero-order valence-electron chi connectivity index (χ0n) is 12.3. The summed E-state index contributed by atoms with van der Waals surface area (Å²) in [6.45, 7) is 7.39. The van der Waals surface area contributed by atoms with E-state index in [9.17, 15) is 0 Å². The molecule has 2 nitrogen and oxygen atoms in total. The fourth-order valence-electron chi connectivity index (χ4n) is 2.23. The van der Waals surface area contributed by atoms with Crippen molar-refractivity contribution in [2.45, 2.75) is 46.1 Å². The lowest BCUT2D eigenvalue weighted by atomic mass is 9.83. The van der Waals surface area contributed by atoms with Gasteiger partial charge < -0.3 is 11.1 Å². The van der Waals surface area contributed by atoms with Crippen LogP contribution in [0.1, 0.15) is 50.8 Å². The van der Waals surface area contributed by atoms with E-state index in [-0.39, 0.29) is 5.41 Å². The minimum Gasteiger partial charge on any atom is -0.330 e. The third kappa shape index (κ3) is 4.43. The van der Waals surface area contributed by atoms with Gasteiger partial charge in [0.2, 0.25) is 0 Å². The van der Waals surface area contributed by atoms with Gasteiger partial charge in [0, 0.05) is 6.04 Å². The van der Waals surface area contributed by atoms with Crippen LogP contribution in [0, 0.1) is 5.41 Å². The molecule has 0 aromatic heterocycles. The Labute approximate surface area is 112 Å². The number of benzene rings is 1. The van der Waals surface area contributed by atoms with Gasteiger partial charge in [-0.15, -0.1) is 0 Å². The molecule has 0 saturated heterocycles. The molecule has 0 heterocycles. The first-order valence-electron chi connectivity index (χ1n) is 6.98. The number of nitrogens with one attached hydrogen (secondary N) is 1. The Kier molecular flexibility index (Phi) is 5.83. The van der Waals surface area contributed by atoms with Gasteiger partial charge in [-0.1, -0.05) is 51.5 Å². The molecule has 2 heteroatoms. The van der Waals surface area contributed by atoms with Crippen molar-refractivity contribution in [1.29, 1.82) is 0 Å². The monoisotopic (exact) mass is 248 g/mol. The van der Waals surface area contributed by atoms with Crippen LogP contribution < -0.4 is 11.1 Å².